The van der Waals surface area contributed by atoms with Crippen LogP contribution in [-0.4, -0.2) is 60.9 Å². The molecule has 3 rings (SSSR count). The third kappa shape index (κ3) is 4.94. The summed E-state index contributed by atoms with van der Waals surface area (Å²) in [5.74, 6) is 1.29. The van der Waals surface area contributed by atoms with Gasteiger partial charge < -0.3 is 19.5 Å². The zero-order chi connectivity index (χ0) is 19.9. The molecule has 1 fully saturated rings. The van der Waals surface area contributed by atoms with Crippen molar-refractivity contribution in [1.82, 2.24) is 15.1 Å². The minimum Gasteiger partial charge on any atom is -0.459 e. The minimum absolute atomic E-state index is 0.0403. The van der Waals surface area contributed by atoms with Crippen molar-refractivity contribution in [2.45, 2.75) is 27.2 Å². The monoisotopic (exact) mass is 382 g/mol. The van der Waals surface area contributed by atoms with E-state index in [0.29, 0.717) is 18.8 Å². The van der Waals surface area contributed by atoms with Crippen LogP contribution in [0.5, 0.6) is 0 Å². The summed E-state index contributed by atoms with van der Waals surface area (Å²) in [5.41, 5.74) is 3.96. The molecule has 150 valence electrons. The summed E-state index contributed by atoms with van der Waals surface area (Å²) in [6.45, 7) is 10.8. The highest BCUT2D eigenvalue weighted by atomic mass is 16.3. The fourth-order valence-corrected chi connectivity index (χ4v) is 3.51. The summed E-state index contributed by atoms with van der Waals surface area (Å²) >= 11 is 0. The third-order valence-corrected chi connectivity index (χ3v) is 5.07. The number of guanidine groups is 1. The molecular weight excluding hydrogens is 352 g/mol. The number of nitrogens with zero attached hydrogens (tertiary/aromatic N) is 3. The second-order valence-corrected chi connectivity index (χ2v) is 7.17. The van der Waals surface area contributed by atoms with Crippen molar-refractivity contribution in [3.63, 3.8) is 0 Å². The van der Waals surface area contributed by atoms with Gasteiger partial charge in [-0.3, -0.25) is 9.79 Å². The zero-order valence-electron chi connectivity index (χ0n) is 17.1. The standard InChI is InChI=1S/C22H30N4O2/c1-4-23-22(24-10-9-19-8-7-17(2)16-18(19)3)26-13-11-25(12-14-26)21(27)20-6-5-15-28-20/h5-8,15-16H,4,9-14H2,1-3H3,(H,23,24). The van der Waals surface area contributed by atoms with Gasteiger partial charge in [-0.2, -0.15) is 0 Å². The van der Waals surface area contributed by atoms with Gasteiger partial charge >= 0.3 is 0 Å². The van der Waals surface area contributed by atoms with Gasteiger partial charge in [0.15, 0.2) is 11.7 Å². The Bertz CT molecular complexity index is 806. The molecule has 1 N–H and O–H groups in total. The highest BCUT2D eigenvalue weighted by Crippen LogP contribution is 2.12. The van der Waals surface area contributed by atoms with Crippen LogP contribution in [-0.2, 0) is 6.42 Å². The first-order valence-corrected chi connectivity index (χ1v) is 10.0. The molecule has 6 heteroatoms. The first-order chi connectivity index (χ1) is 13.6. The number of aryl methyl sites for hydroxylation is 2. The van der Waals surface area contributed by atoms with E-state index < -0.39 is 0 Å². The summed E-state index contributed by atoms with van der Waals surface area (Å²) < 4.78 is 5.23. The van der Waals surface area contributed by atoms with E-state index in [-0.39, 0.29) is 5.91 Å². The molecule has 2 heterocycles. The number of amides is 1. The maximum absolute atomic E-state index is 12.4. The van der Waals surface area contributed by atoms with Crippen LogP contribution in [0.1, 0.15) is 34.2 Å². The maximum Gasteiger partial charge on any atom is 0.289 e. The SMILES string of the molecule is CCNC(=NCCc1ccc(C)cc1C)N1CCN(C(=O)c2ccco2)CC1. The molecule has 0 spiro atoms. The van der Waals surface area contributed by atoms with Crippen LogP contribution in [0.2, 0.25) is 0 Å². The van der Waals surface area contributed by atoms with Gasteiger partial charge in [-0.1, -0.05) is 23.8 Å². The summed E-state index contributed by atoms with van der Waals surface area (Å²) in [6, 6.07) is 10.0. The molecule has 6 nitrogen and oxygen atoms in total. The van der Waals surface area contributed by atoms with Crippen molar-refractivity contribution >= 4 is 11.9 Å². The van der Waals surface area contributed by atoms with Crippen molar-refractivity contribution in [3.05, 3.63) is 59.0 Å². The van der Waals surface area contributed by atoms with E-state index in [1.54, 1.807) is 12.1 Å². The summed E-state index contributed by atoms with van der Waals surface area (Å²) in [4.78, 5) is 21.3. The normalized spacial score (nSPS) is 15.0. The summed E-state index contributed by atoms with van der Waals surface area (Å²) in [6.07, 6.45) is 2.47. The fraction of sp³-hybridized carbons (Fsp3) is 0.455. The Morgan fingerprint density at radius 3 is 2.54 bits per heavy atom. The van der Waals surface area contributed by atoms with Crippen molar-refractivity contribution in [3.8, 4) is 0 Å². The van der Waals surface area contributed by atoms with E-state index >= 15 is 0 Å². The van der Waals surface area contributed by atoms with Gasteiger partial charge in [0.25, 0.3) is 5.91 Å². The molecule has 28 heavy (non-hydrogen) atoms. The van der Waals surface area contributed by atoms with E-state index in [4.69, 9.17) is 9.41 Å². The summed E-state index contributed by atoms with van der Waals surface area (Å²) in [5, 5.41) is 3.39. The second kappa shape index (κ2) is 9.44. The lowest BCUT2D eigenvalue weighted by Crippen LogP contribution is -2.53. The number of rotatable bonds is 5. The van der Waals surface area contributed by atoms with E-state index in [2.05, 4.69) is 49.2 Å². The largest absolute Gasteiger partial charge is 0.459 e. The molecule has 1 aliphatic rings. The highest BCUT2D eigenvalue weighted by Gasteiger charge is 2.25. The highest BCUT2D eigenvalue weighted by molar-refractivity contribution is 5.91. The van der Waals surface area contributed by atoms with Crippen LogP contribution in [0, 0.1) is 13.8 Å². The molecule has 1 aliphatic heterocycles. The Hall–Kier alpha value is -2.76. The van der Waals surface area contributed by atoms with Crippen LogP contribution < -0.4 is 5.32 Å². The topological polar surface area (TPSA) is 61.1 Å². The van der Waals surface area contributed by atoms with Crippen molar-refractivity contribution in [2.24, 2.45) is 4.99 Å². The van der Waals surface area contributed by atoms with Gasteiger partial charge in [-0.25, -0.2) is 0 Å². The Kier molecular flexibility index (Phi) is 6.74. The Labute approximate surface area is 167 Å². The molecule has 0 saturated carbocycles. The molecule has 0 bridgehead atoms. The molecule has 1 saturated heterocycles. The number of nitrogens with one attached hydrogen (secondary N) is 1. The van der Waals surface area contributed by atoms with Crippen LogP contribution in [0.3, 0.4) is 0 Å². The van der Waals surface area contributed by atoms with Gasteiger partial charge in [-0.15, -0.1) is 0 Å². The van der Waals surface area contributed by atoms with Crippen LogP contribution in [0.15, 0.2) is 46.0 Å². The van der Waals surface area contributed by atoms with Crippen LogP contribution in [0.25, 0.3) is 0 Å². The Morgan fingerprint density at radius 1 is 1.14 bits per heavy atom. The Morgan fingerprint density at radius 2 is 1.89 bits per heavy atom. The zero-order valence-corrected chi connectivity index (χ0v) is 17.1. The third-order valence-electron chi connectivity index (χ3n) is 5.07. The average molecular weight is 383 g/mol. The summed E-state index contributed by atoms with van der Waals surface area (Å²) in [7, 11) is 0. The average Bonchev–Trinajstić information content (AvgIpc) is 3.23. The number of piperazine rings is 1. The van der Waals surface area contributed by atoms with Gasteiger partial charge in [0.2, 0.25) is 0 Å². The van der Waals surface area contributed by atoms with E-state index in [1.165, 1.54) is 23.0 Å². The van der Waals surface area contributed by atoms with E-state index in [1.807, 2.05) is 4.90 Å². The smallest absolute Gasteiger partial charge is 0.289 e. The lowest BCUT2D eigenvalue weighted by Gasteiger charge is -2.36. The quantitative estimate of drug-likeness (QED) is 0.638. The molecule has 1 aromatic carbocycles. The maximum atomic E-state index is 12.4. The molecule has 1 aromatic heterocycles. The Balaban J connectivity index is 1.56. The molecule has 1 amide bonds. The lowest BCUT2D eigenvalue weighted by atomic mass is 10.0. The van der Waals surface area contributed by atoms with Crippen LogP contribution in [0.4, 0.5) is 0 Å². The van der Waals surface area contributed by atoms with Gasteiger partial charge in [0.05, 0.1) is 6.26 Å². The second-order valence-electron chi connectivity index (χ2n) is 7.17. The number of benzene rings is 1. The predicted octanol–water partition coefficient (Wildman–Crippen LogP) is 2.86. The first-order valence-electron chi connectivity index (χ1n) is 10.0. The number of carbonyl (C=O) groups is 1. The number of hydrogen-bond acceptors (Lipinski definition) is 3. The molecule has 2 aromatic rings. The first kappa shape index (κ1) is 20.0. The molecule has 0 radical (unpaired) electrons. The number of carbonyl (C=O) groups excluding carboxylic acids is 1. The van der Waals surface area contributed by atoms with Crippen molar-refractivity contribution < 1.29 is 9.21 Å². The van der Waals surface area contributed by atoms with Gasteiger partial charge in [0, 0.05) is 39.3 Å². The van der Waals surface area contributed by atoms with Crippen LogP contribution >= 0.6 is 0 Å². The fourth-order valence-electron chi connectivity index (χ4n) is 3.51. The van der Waals surface area contributed by atoms with Crippen molar-refractivity contribution in [2.75, 3.05) is 39.3 Å². The lowest BCUT2D eigenvalue weighted by molar-refractivity contribution is 0.0657. The predicted molar refractivity (Wildman–Crippen MR) is 112 cm³/mol. The number of aliphatic imine (C=N–C) groups is 1. The van der Waals surface area contributed by atoms with E-state index in [0.717, 1.165) is 38.6 Å². The minimum atomic E-state index is -0.0403. The van der Waals surface area contributed by atoms with Gasteiger partial charge in [-0.05, 0) is 50.5 Å². The molecular formula is C22H30N4O2. The van der Waals surface area contributed by atoms with Gasteiger partial charge in [0.1, 0.15) is 0 Å². The number of furan rings is 1. The molecule has 0 atom stereocenters. The molecule has 0 unspecified atom stereocenters. The number of hydrogen-bond donors (Lipinski definition) is 1. The van der Waals surface area contributed by atoms with Crippen molar-refractivity contribution in [1.29, 1.82) is 0 Å². The molecule has 0 aliphatic carbocycles. The van der Waals surface area contributed by atoms with E-state index in [9.17, 15) is 4.79 Å².